The summed E-state index contributed by atoms with van der Waals surface area (Å²) in [6, 6.07) is 72.8. The fraction of sp³-hybridized carbons (Fsp3) is 0. The molecule has 2 aromatic heterocycles. The zero-order valence-corrected chi connectivity index (χ0v) is 30.9. The lowest BCUT2D eigenvalue weighted by atomic mass is 9.98. The predicted octanol–water partition coefficient (Wildman–Crippen LogP) is 13.6. The van der Waals surface area contributed by atoms with Crippen LogP contribution in [0.1, 0.15) is 0 Å². The number of aromatic nitrogens is 4. The predicted molar refractivity (Wildman–Crippen MR) is 236 cm³/mol. The van der Waals surface area contributed by atoms with Gasteiger partial charge >= 0.3 is 0 Å². The van der Waals surface area contributed by atoms with Crippen molar-refractivity contribution < 1.29 is 0 Å². The maximum atomic E-state index is 5.21. The molecule has 11 aromatic rings. The lowest BCUT2D eigenvalue weighted by molar-refractivity contribution is 1.07. The van der Waals surface area contributed by atoms with E-state index in [4.69, 9.17) is 15.0 Å². The Morgan fingerprint density at radius 1 is 0.298 bits per heavy atom. The summed E-state index contributed by atoms with van der Waals surface area (Å²) in [5.74, 6) is 1.89. The van der Waals surface area contributed by atoms with Gasteiger partial charge in [0.2, 0.25) is 0 Å². The minimum Gasteiger partial charge on any atom is -0.309 e. The van der Waals surface area contributed by atoms with E-state index < -0.39 is 0 Å². The Morgan fingerprint density at radius 3 is 1.72 bits per heavy atom. The summed E-state index contributed by atoms with van der Waals surface area (Å²) in [4.78, 5) is 15.5. The first kappa shape index (κ1) is 32.7. The van der Waals surface area contributed by atoms with Crippen molar-refractivity contribution in [3.8, 4) is 62.1 Å². The van der Waals surface area contributed by atoms with Gasteiger partial charge in [-0.1, -0.05) is 176 Å². The van der Waals surface area contributed by atoms with Gasteiger partial charge in [0.25, 0.3) is 0 Å². The Bertz CT molecular complexity index is 3290. The number of benzene rings is 9. The lowest BCUT2D eigenvalue weighted by Crippen LogP contribution is -2.01. The maximum absolute atomic E-state index is 5.21. The molecular formula is C53H34N4. The van der Waals surface area contributed by atoms with Crippen molar-refractivity contribution in [1.29, 1.82) is 0 Å². The highest BCUT2D eigenvalue weighted by Crippen LogP contribution is 2.39. The van der Waals surface area contributed by atoms with Crippen molar-refractivity contribution in [3.05, 3.63) is 206 Å². The van der Waals surface area contributed by atoms with Crippen molar-refractivity contribution in [2.45, 2.75) is 0 Å². The average molecular weight is 727 g/mol. The van der Waals surface area contributed by atoms with E-state index in [0.717, 1.165) is 44.5 Å². The third-order valence-electron chi connectivity index (χ3n) is 11.0. The maximum Gasteiger partial charge on any atom is 0.164 e. The summed E-state index contributed by atoms with van der Waals surface area (Å²) in [5, 5.41) is 7.32. The van der Waals surface area contributed by atoms with Gasteiger partial charge in [0, 0.05) is 33.2 Å². The summed E-state index contributed by atoms with van der Waals surface area (Å²) < 4.78 is 2.39. The largest absolute Gasteiger partial charge is 0.309 e. The number of rotatable bonds is 6. The normalized spacial score (nSPS) is 11.5. The highest BCUT2D eigenvalue weighted by molar-refractivity contribution is 6.21. The molecule has 0 amide bonds. The lowest BCUT2D eigenvalue weighted by Gasteiger charge is -2.14. The molecule has 0 unspecified atom stereocenters. The van der Waals surface area contributed by atoms with Crippen molar-refractivity contribution >= 4 is 43.4 Å². The monoisotopic (exact) mass is 726 g/mol. The smallest absolute Gasteiger partial charge is 0.164 e. The van der Waals surface area contributed by atoms with Crippen LogP contribution in [-0.4, -0.2) is 19.5 Å². The second-order valence-electron chi connectivity index (χ2n) is 14.4. The van der Waals surface area contributed by atoms with Crippen molar-refractivity contribution in [2.24, 2.45) is 0 Å². The van der Waals surface area contributed by atoms with Gasteiger partial charge in [-0.3, -0.25) is 0 Å². The SMILES string of the molecule is c1ccc(-c2ccc(-c3nc(-c4ccc5ccccc5c4)nc(-c4ccccc4-c4cccc(-n5c6ccccc6c6c7ccccc7ccc65)c4)n3)cc2)cc1. The minimum absolute atomic E-state index is 0.625. The molecule has 2 heterocycles. The highest BCUT2D eigenvalue weighted by Gasteiger charge is 2.18. The first-order chi connectivity index (χ1) is 28.2. The van der Waals surface area contributed by atoms with Gasteiger partial charge in [-0.25, -0.2) is 15.0 Å². The fourth-order valence-corrected chi connectivity index (χ4v) is 8.29. The Labute approximate surface area is 330 Å². The molecule has 0 aliphatic rings. The number of fused-ring (bicyclic) bond motifs is 6. The second kappa shape index (κ2) is 13.6. The van der Waals surface area contributed by atoms with Crippen LogP contribution in [0.25, 0.3) is 105 Å². The van der Waals surface area contributed by atoms with Crippen molar-refractivity contribution in [3.63, 3.8) is 0 Å². The van der Waals surface area contributed by atoms with Crippen LogP contribution in [0.15, 0.2) is 206 Å². The number of para-hydroxylation sites is 1. The molecule has 0 radical (unpaired) electrons. The second-order valence-corrected chi connectivity index (χ2v) is 14.4. The summed E-state index contributed by atoms with van der Waals surface area (Å²) >= 11 is 0. The number of hydrogen-bond donors (Lipinski definition) is 0. The van der Waals surface area contributed by atoms with Crippen molar-refractivity contribution in [2.75, 3.05) is 0 Å². The molecule has 0 bridgehead atoms. The standard InChI is InChI=1S/C53H34N4/c1-2-13-35(14-3-1)37-25-28-39(29-26-37)51-54-52(42-30-27-36-15-4-5-17-40(36)33-42)56-53(55-51)46-22-9-8-20-44(46)41-18-12-19-43(34-41)57-48-24-11-10-23-47(48)50-45-21-7-6-16-38(45)31-32-49(50)57/h1-34H. The summed E-state index contributed by atoms with van der Waals surface area (Å²) in [6.07, 6.45) is 0. The van der Waals surface area contributed by atoms with Crippen LogP contribution in [0.5, 0.6) is 0 Å². The van der Waals surface area contributed by atoms with Crippen LogP contribution in [0.4, 0.5) is 0 Å². The zero-order chi connectivity index (χ0) is 37.7. The summed E-state index contributed by atoms with van der Waals surface area (Å²) in [5.41, 5.74) is 10.7. The molecule has 0 aliphatic carbocycles. The van der Waals surface area contributed by atoms with E-state index in [2.05, 4.69) is 205 Å². The quantitative estimate of drug-likeness (QED) is 0.171. The molecule has 0 saturated carbocycles. The molecule has 4 nitrogen and oxygen atoms in total. The molecule has 0 fully saturated rings. The fourth-order valence-electron chi connectivity index (χ4n) is 8.29. The van der Waals surface area contributed by atoms with E-state index in [1.807, 2.05) is 6.07 Å². The first-order valence-corrected chi connectivity index (χ1v) is 19.3. The van der Waals surface area contributed by atoms with Crippen LogP contribution < -0.4 is 0 Å². The Kier molecular flexibility index (Phi) is 7.78. The summed E-state index contributed by atoms with van der Waals surface area (Å²) in [6.45, 7) is 0. The van der Waals surface area contributed by atoms with E-state index in [9.17, 15) is 0 Å². The molecule has 4 heteroatoms. The third kappa shape index (κ3) is 5.74. The van der Waals surface area contributed by atoms with Gasteiger partial charge in [-0.2, -0.15) is 0 Å². The van der Waals surface area contributed by atoms with Gasteiger partial charge in [-0.15, -0.1) is 0 Å². The van der Waals surface area contributed by atoms with E-state index in [-0.39, 0.29) is 0 Å². The van der Waals surface area contributed by atoms with Gasteiger partial charge in [0.1, 0.15) is 0 Å². The van der Waals surface area contributed by atoms with Gasteiger partial charge in [0.05, 0.1) is 11.0 Å². The zero-order valence-electron chi connectivity index (χ0n) is 30.9. The van der Waals surface area contributed by atoms with Crippen LogP contribution in [0.2, 0.25) is 0 Å². The molecule has 0 spiro atoms. The van der Waals surface area contributed by atoms with Gasteiger partial charge in [-0.05, 0) is 74.1 Å². The van der Waals surface area contributed by atoms with Gasteiger partial charge < -0.3 is 4.57 Å². The molecular weight excluding hydrogens is 693 g/mol. The average Bonchev–Trinajstić information content (AvgIpc) is 3.64. The molecule has 0 atom stereocenters. The molecule has 0 saturated heterocycles. The van der Waals surface area contributed by atoms with Crippen LogP contribution in [0, 0.1) is 0 Å². The van der Waals surface area contributed by atoms with E-state index in [1.54, 1.807) is 0 Å². The van der Waals surface area contributed by atoms with E-state index in [1.165, 1.54) is 43.5 Å². The number of hydrogen-bond acceptors (Lipinski definition) is 3. The topological polar surface area (TPSA) is 43.6 Å². The Morgan fingerprint density at radius 2 is 0.877 bits per heavy atom. The van der Waals surface area contributed by atoms with Crippen LogP contribution >= 0.6 is 0 Å². The molecule has 11 rings (SSSR count). The molecule has 0 N–H and O–H groups in total. The van der Waals surface area contributed by atoms with Crippen LogP contribution in [0.3, 0.4) is 0 Å². The highest BCUT2D eigenvalue weighted by atomic mass is 15.0. The molecule has 266 valence electrons. The number of nitrogens with zero attached hydrogens (tertiary/aromatic N) is 4. The molecule has 0 aliphatic heterocycles. The van der Waals surface area contributed by atoms with Crippen molar-refractivity contribution in [1.82, 2.24) is 19.5 Å². The van der Waals surface area contributed by atoms with E-state index >= 15 is 0 Å². The summed E-state index contributed by atoms with van der Waals surface area (Å²) in [7, 11) is 0. The molecule has 57 heavy (non-hydrogen) atoms. The Balaban J connectivity index is 1.07. The minimum atomic E-state index is 0.625. The van der Waals surface area contributed by atoms with E-state index in [0.29, 0.717) is 17.5 Å². The first-order valence-electron chi connectivity index (χ1n) is 19.3. The van der Waals surface area contributed by atoms with Crippen LogP contribution in [-0.2, 0) is 0 Å². The molecule has 9 aromatic carbocycles. The Hall–Kier alpha value is -7.69. The van der Waals surface area contributed by atoms with Gasteiger partial charge in [0.15, 0.2) is 17.5 Å². The third-order valence-corrected chi connectivity index (χ3v) is 11.0.